The lowest BCUT2D eigenvalue weighted by molar-refractivity contribution is 0.0608. The van der Waals surface area contributed by atoms with Crippen LogP contribution in [-0.2, 0) is 9.47 Å². The molecule has 96 valence electrons. The summed E-state index contributed by atoms with van der Waals surface area (Å²) in [5.74, 6) is 11.2. The molecule has 0 aromatic rings. The quantitative estimate of drug-likeness (QED) is 0.512. The van der Waals surface area contributed by atoms with Gasteiger partial charge in [0.1, 0.15) is 6.61 Å². The second-order valence-electron chi connectivity index (χ2n) is 3.73. The zero-order valence-electron chi connectivity index (χ0n) is 11.1. The minimum Gasteiger partial charge on any atom is -0.378 e. The molecule has 17 heavy (non-hydrogen) atoms. The Morgan fingerprint density at radius 1 is 1.00 bits per heavy atom. The van der Waals surface area contributed by atoms with Crippen molar-refractivity contribution in [1.29, 1.82) is 0 Å². The van der Waals surface area contributed by atoms with Gasteiger partial charge in [-0.25, -0.2) is 0 Å². The standard InChI is InChI=1S/C14H23NO2/c1-4-5-6-7-8-10-16-12-13-17-11-9-15-14(2)3/h14-15H,4,9-13H2,1-3H3. The monoisotopic (exact) mass is 237 g/mol. The Kier molecular flexibility index (Phi) is 12.3. The van der Waals surface area contributed by atoms with Gasteiger partial charge in [-0.2, -0.15) is 0 Å². The molecule has 0 saturated heterocycles. The van der Waals surface area contributed by atoms with E-state index in [-0.39, 0.29) is 0 Å². The van der Waals surface area contributed by atoms with E-state index in [1.807, 2.05) is 6.92 Å². The van der Waals surface area contributed by atoms with Crippen LogP contribution in [-0.4, -0.2) is 39.0 Å². The van der Waals surface area contributed by atoms with E-state index in [1.165, 1.54) is 0 Å². The summed E-state index contributed by atoms with van der Waals surface area (Å²) in [6, 6.07) is 0.509. The molecule has 0 radical (unpaired) electrons. The van der Waals surface area contributed by atoms with Crippen LogP contribution in [0.25, 0.3) is 0 Å². The van der Waals surface area contributed by atoms with E-state index in [0.717, 1.165) is 19.6 Å². The first-order valence-electron chi connectivity index (χ1n) is 6.12. The summed E-state index contributed by atoms with van der Waals surface area (Å²) in [5, 5.41) is 3.27. The van der Waals surface area contributed by atoms with E-state index in [0.29, 0.717) is 25.9 Å². The van der Waals surface area contributed by atoms with Crippen LogP contribution in [0.3, 0.4) is 0 Å². The number of ether oxygens (including phenoxy) is 2. The average molecular weight is 237 g/mol. The first kappa shape index (κ1) is 16.0. The molecule has 0 aromatic carbocycles. The predicted molar refractivity (Wildman–Crippen MR) is 70.6 cm³/mol. The maximum absolute atomic E-state index is 5.37. The smallest absolute Gasteiger partial charge is 0.108 e. The third kappa shape index (κ3) is 15.0. The van der Waals surface area contributed by atoms with E-state index >= 15 is 0 Å². The van der Waals surface area contributed by atoms with Crippen molar-refractivity contribution in [2.75, 3.05) is 33.0 Å². The molecule has 0 spiro atoms. The van der Waals surface area contributed by atoms with E-state index < -0.39 is 0 Å². The third-order valence-electron chi connectivity index (χ3n) is 1.76. The summed E-state index contributed by atoms with van der Waals surface area (Å²) < 4.78 is 10.6. The normalized spacial score (nSPS) is 9.41. The van der Waals surface area contributed by atoms with Crippen molar-refractivity contribution >= 4 is 0 Å². The van der Waals surface area contributed by atoms with Crippen molar-refractivity contribution < 1.29 is 9.47 Å². The average Bonchev–Trinajstić information content (AvgIpc) is 2.30. The fourth-order valence-electron chi connectivity index (χ4n) is 0.976. The van der Waals surface area contributed by atoms with Crippen LogP contribution in [0.2, 0.25) is 0 Å². The highest BCUT2D eigenvalue weighted by Crippen LogP contribution is 1.79. The second-order valence-corrected chi connectivity index (χ2v) is 3.73. The van der Waals surface area contributed by atoms with Crippen molar-refractivity contribution in [3.05, 3.63) is 0 Å². The van der Waals surface area contributed by atoms with Gasteiger partial charge in [0.15, 0.2) is 0 Å². The van der Waals surface area contributed by atoms with Crippen LogP contribution in [0.4, 0.5) is 0 Å². The van der Waals surface area contributed by atoms with Crippen LogP contribution in [0, 0.1) is 23.7 Å². The lowest BCUT2D eigenvalue weighted by Crippen LogP contribution is -2.27. The molecule has 0 amide bonds. The van der Waals surface area contributed by atoms with Gasteiger partial charge in [-0.15, -0.1) is 0 Å². The van der Waals surface area contributed by atoms with Crippen LogP contribution in [0.15, 0.2) is 0 Å². The minimum atomic E-state index is 0.423. The van der Waals surface area contributed by atoms with E-state index in [4.69, 9.17) is 9.47 Å². The molecule has 0 aromatic heterocycles. The fraction of sp³-hybridized carbons (Fsp3) is 0.714. The lowest BCUT2D eigenvalue weighted by atomic mass is 10.4. The Labute approximate surface area is 105 Å². The van der Waals surface area contributed by atoms with Gasteiger partial charge in [-0.05, 0) is 11.8 Å². The molecule has 0 aliphatic carbocycles. The molecule has 0 aliphatic heterocycles. The minimum absolute atomic E-state index is 0.423. The van der Waals surface area contributed by atoms with Gasteiger partial charge < -0.3 is 14.8 Å². The van der Waals surface area contributed by atoms with Gasteiger partial charge in [-0.1, -0.05) is 32.6 Å². The van der Waals surface area contributed by atoms with E-state index in [1.54, 1.807) is 0 Å². The largest absolute Gasteiger partial charge is 0.378 e. The summed E-state index contributed by atoms with van der Waals surface area (Å²) in [6.07, 6.45) is 0.841. The topological polar surface area (TPSA) is 30.5 Å². The predicted octanol–water partition coefficient (Wildman–Crippen LogP) is 1.43. The van der Waals surface area contributed by atoms with Crippen molar-refractivity contribution in [1.82, 2.24) is 5.32 Å². The summed E-state index contributed by atoms with van der Waals surface area (Å²) >= 11 is 0. The third-order valence-corrected chi connectivity index (χ3v) is 1.76. The molecule has 0 bridgehead atoms. The van der Waals surface area contributed by atoms with Gasteiger partial charge >= 0.3 is 0 Å². The molecule has 0 atom stereocenters. The van der Waals surface area contributed by atoms with Gasteiger partial charge in [0.25, 0.3) is 0 Å². The first-order valence-corrected chi connectivity index (χ1v) is 6.12. The van der Waals surface area contributed by atoms with E-state index in [9.17, 15) is 0 Å². The molecule has 3 nitrogen and oxygen atoms in total. The zero-order chi connectivity index (χ0) is 12.8. The Morgan fingerprint density at radius 3 is 2.41 bits per heavy atom. The van der Waals surface area contributed by atoms with E-state index in [2.05, 4.69) is 42.8 Å². The summed E-state index contributed by atoms with van der Waals surface area (Å²) in [5.41, 5.74) is 0. The van der Waals surface area contributed by atoms with Crippen molar-refractivity contribution in [2.24, 2.45) is 0 Å². The van der Waals surface area contributed by atoms with Crippen LogP contribution in [0.5, 0.6) is 0 Å². The highest BCUT2D eigenvalue weighted by atomic mass is 16.5. The van der Waals surface area contributed by atoms with Gasteiger partial charge in [0.05, 0.1) is 19.8 Å². The van der Waals surface area contributed by atoms with Gasteiger partial charge in [-0.3, -0.25) is 0 Å². The van der Waals surface area contributed by atoms with Crippen molar-refractivity contribution in [3.8, 4) is 23.7 Å². The van der Waals surface area contributed by atoms with Crippen LogP contribution >= 0.6 is 0 Å². The Morgan fingerprint density at radius 2 is 1.71 bits per heavy atom. The Hall–Kier alpha value is -1.00. The van der Waals surface area contributed by atoms with Crippen molar-refractivity contribution in [3.63, 3.8) is 0 Å². The second kappa shape index (κ2) is 13.1. The number of hydrogen-bond acceptors (Lipinski definition) is 3. The molecule has 3 heteroatoms. The summed E-state index contributed by atoms with van der Waals surface area (Å²) in [6.45, 7) is 9.44. The number of hydrogen-bond donors (Lipinski definition) is 1. The molecular formula is C14H23NO2. The highest BCUT2D eigenvalue weighted by Gasteiger charge is 1.91. The SMILES string of the molecule is CCC#CC#CCOCCOCCNC(C)C. The number of rotatable bonds is 8. The van der Waals surface area contributed by atoms with Crippen LogP contribution < -0.4 is 5.32 Å². The lowest BCUT2D eigenvalue weighted by Gasteiger charge is -2.08. The fourth-order valence-corrected chi connectivity index (χ4v) is 0.976. The zero-order valence-corrected chi connectivity index (χ0v) is 11.1. The Bertz CT molecular complexity index is 278. The summed E-state index contributed by atoms with van der Waals surface area (Å²) in [7, 11) is 0. The molecule has 1 N–H and O–H groups in total. The first-order chi connectivity index (χ1) is 8.27. The highest BCUT2D eigenvalue weighted by molar-refractivity contribution is 5.25. The molecule has 0 aliphatic rings. The van der Waals surface area contributed by atoms with Crippen molar-refractivity contribution in [2.45, 2.75) is 33.2 Å². The number of nitrogens with one attached hydrogen (secondary N) is 1. The molecule has 0 unspecified atom stereocenters. The Balaban J connectivity index is 3.15. The van der Waals surface area contributed by atoms with Gasteiger partial charge in [0.2, 0.25) is 0 Å². The molecule has 0 heterocycles. The maximum Gasteiger partial charge on any atom is 0.108 e. The molecule has 0 rings (SSSR count). The maximum atomic E-state index is 5.37. The molecular weight excluding hydrogens is 214 g/mol. The van der Waals surface area contributed by atoms with Gasteiger partial charge in [0, 0.05) is 19.0 Å². The van der Waals surface area contributed by atoms with Crippen LogP contribution in [0.1, 0.15) is 27.2 Å². The summed E-state index contributed by atoms with van der Waals surface area (Å²) in [4.78, 5) is 0. The molecule has 0 saturated carbocycles. The molecule has 0 fully saturated rings.